The number of anilines is 1. The van der Waals surface area contributed by atoms with E-state index in [-0.39, 0.29) is 22.7 Å². The predicted octanol–water partition coefficient (Wildman–Crippen LogP) is 3.78. The molecule has 0 radical (unpaired) electrons. The molecule has 0 aliphatic heterocycles. The Bertz CT molecular complexity index is 1030. The third-order valence-electron chi connectivity index (χ3n) is 3.46. The Balaban J connectivity index is 1.71. The molecule has 0 atom stereocenters. The van der Waals surface area contributed by atoms with Gasteiger partial charge in [-0.1, -0.05) is 0 Å². The molecule has 0 bridgehead atoms. The van der Waals surface area contributed by atoms with Crippen molar-refractivity contribution in [1.82, 2.24) is 4.98 Å². The van der Waals surface area contributed by atoms with Crippen LogP contribution in [0, 0.1) is 20.2 Å². The Morgan fingerprint density at radius 3 is 2.41 bits per heavy atom. The van der Waals surface area contributed by atoms with Gasteiger partial charge in [-0.25, -0.2) is 4.98 Å². The second kappa shape index (κ2) is 7.58. The second-order valence-electron chi connectivity index (χ2n) is 5.21. The maximum absolute atomic E-state index is 10.8. The van der Waals surface area contributed by atoms with Crippen molar-refractivity contribution >= 4 is 34.1 Å². The number of aromatic nitrogens is 1. The molecule has 1 aromatic heterocycles. The van der Waals surface area contributed by atoms with Gasteiger partial charge < -0.3 is 5.11 Å². The lowest BCUT2D eigenvalue weighted by molar-refractivity contribution is -0.385. The SMILES string of the molecule is O=[N+]([O-])c1ccc(-c2csc(N/N=C/c3cc([N+](=O)[O-])ccc3O)n2)cc1. The highest BCUT2D eigenvalue weighted by Gasteiger charge is 2.10. The molecule has 2 aromatic carbocycles. The molecule has 11 heteroatoms. The van der Waals surface area contributed by atoms with Gasteiger partial charge in [0, 0.05) is 40.8 Å². The zero-order valence-electron chi connectivity index (χ0n) is 13.5. The molecule has 3 aromatic rings. The van der Waals surface area contributed by atoms with Crippen LogP contribution in [-0.4, -0.2) is 26.2 Å². The molecule has 0 fully saturated rings. The summed E-state index contributed by atoms with van der Waals surface area (Å²) in [6.07, 6.45) is 1.25. The van der Waals surface area contributed by atoms with Crippen LogP contribution in [0.4, 0.5) is 16.5 Å². The van der Waals surface area contributed by atoms with E-state index in [0.29, 0.717) is 16.4 Å². The van der Waals surface area contributed by atoms with Gasteiger partial charge in [0.05, 0.1) is 21.8 Å². The van der Waals surface area contributed by atoms with Crippen molar-refractivity contribution in [2.45, 2.75) is 0 Å². The van der Waals surface area contributed by atoms with Crippen molar-refractivity contribution < 1.29 is 15.0 Å². The molecule has 0 saturated carbocycles. The Labute approximate surface area is 155 Å². The number of nitrogens with one attached hydrogen (secondary N) is 1. The van der Waals surface area contributed by atoms with Crippen LogP contribution < -0.4 is 5.43 Å². The lowest BCUT2D eigenvalue weighted by atomic mass is 10.1. The molecule has 0 saturated heterocycles. The topological polar surface area (TPSA) is 144 Å². The lowest BCUT2D eigenvalue weighted by Gasteiger charge is -1.99. The smallest absolute Gasteiger partial charge is 0.270 e. The fourth-order valence-corrected chi connectivity index (χ4v) is 2.80. The number of rotatable bonds is 6. The Morgan fingerprint density at radius 1 is 1.07 bits per heavy atom. The number of aromatic hydroxyl groups is 1. The number of phenolic OH excluding ortho intramolecular Hbond substituents is 1. The third-order valence-corrected chi connectivity index (χ3v) is 4.21. The van der Waals surface area contributed by atoms with Gasteiger partial charge in [0.25, 0.3) is 11.4 Å². The van der Waals surface area contributed by atoms with E-state index in [1.165, 1.54) is 47.9 Å². The first kappa shape index (κ1) is 17.9. The molecule has 10 nitrogen and oxygen atoms in total. The molecule has 2 N–H and O–H groups in total. The zero-order chi connectivity index (χ0) is 19.4. The first-order valence-electron chi connectivity index (χ1n) is 7.41. The van der Waals surface area contributed by atoms with Gasteiger partial charge in [-0.15, -0.1) is 11.3 Å². The lowest BCUT2D eigenvalue weighted by Crippen LogP contribution is -1.93. The van der Waals surface area contributed by atoms with Crippen molar-refractivity contribution in [3.05, 3.63) is 73.6 Å². The van der Waals surface area contributed by atoms with Crippen LogP contribution in [-0.2, 0) is 0 Å². The molecule has 0 spiro atoms. The number of non-ortho nitro benzene ring substituents is 2. The van der Waals surface area contributed by atoms with Crippen LogP contribution in [0.5, 0.6) is 5.75 Å². The van der Waals surface area contributed by atoms with Gasteiger partial charge in [0.15, 0.2) is 0 Å². The van der Waals surface area contributed by atoms with E-state index >= 15 is 0 Å². The molecule has 0 amide bonds. The number of thiazole rings is 1. The predicted molar refractivity (Wildman–Crippen MR) is 100 cm³/mol. The van der Waals surface area contributed by atoms with Crippen LogP contribution in [0.3, 0.4) is 0 Å². The standard InChI is InChI=1S/C16H11N5O5S/c22-15-6-5-13(21(25)26)7-11(15)8-17-19-16-18-14(9-27-16)10-1-3-12(4-2-10)20(23)24/h1-9,22H,(H,18,19)/b17-8+. The fraction of sp³-hybridized carbons (Fsp3) is 0. The number of nitrogens with zero attached hydrogens (tertiary/aromatic N) is 4. The molecular formula is C16H11N5O5S. The van der Waals surface area contributed by atoms with Gasteiger partial charge in [0.2, 0.25) is 5.13 Å². The summed E-state index contributed by atoms with van der Waals surface area (Å²) >= 11 is 1.26. The Morgan fingerprint density at radius 2 is 1.74 bits per heavy atom. The van der Waals surface area contributed by atoms with Gasteiger partial charge in [-0.2, -0.15) is 5.10 Å². The first-order chi connectivity index (χ1) is 12.9. The van der Waals surface area contributed by atoms with Crippen LogP contribution in [0.15, 0.2) is 52.9 Å². The quantitative estimate of drug-likeness (QED) is 0.373. The van der Waals surface area contributed by atoms with Gasteiger partial charge in [0.1, 0.15) is 5.75 Å². The van der Waals surface area contributed by atoms with E-state index in [0.717, 1.165) is 0 Å². The number of phenols is 1. The van der Waals surface area contributed by atoms with E-state index in [1.54, 1.807) is 17.5 Å². The largest absolute Gasteiger partial charge is 0.507 e. The van der Waals surface area contributed by atoms with E-state index in [2.05, 4.69) is 15.5 Å². The van der Waals surface area contributed by atoms with Gasteiger partial charge >= 0.3 is 0 Å². The zero-order valence-corrected chi connectivity index (χ0v) is 14.3. The maximum Gasteiger partial charge on any atom is 0.270 e. The molecule has 1 heterocycles. The monoisotopic (exact) mass is 385 g/mol. The summed E-state index contributed by atoms with van der Waals surface area (Å²) < 4.78 is 0. The minimum Gasteiger partial charge on any atom is -0.507 e. The minimum atomic E-state index is -0.568. The van der Waals surface area contributed by atoms with E-state index in [9.17, 15) is 25.3 Å². The molecule has 136 valence electrons. The maximum atomic E-state index is 10.8. The number of hydrogen-bond acceptors (Lipinski definition) is 9. The van der Waals surface area contributed by atoms with E-state index in [4.69, 9.17) is 0 Å². The number of nitro groups is 2. The highest BCUT2D eigenvalue weighted by atomic mass is 32.1. The number of hydrazone groups is 1. The summed E-state index contributed by atoms with van der Waals surface area (Å²) in [6, 6.07) is 9.59. The molecule has 3 rings (SSSR count). The fourth-order valence-electron chi connectivity index (χ4n) is 2.13. The summed E-state index contributed by atoms with van der Waals surface area (Å²) in [4.78, 5) is 24.7. The summed E-state index contributed by atoms with van der Waals surface area (Å²) in [7, 11) is 0. The molecular weight excluding hydrogens is 374 g/mol. The highest BCUT2D eigenvalue weighted by Crippen LogP contribution is 2.26. The Kier molecular flexibility index (Phi) is 5.04. The highest BCUT2D eigenvalue weighted by molar-refractivity contribution is 7.14. The molecule has 0 aliphatic carbocycles. The van der Waals surface area contributed by atoms with Crippen LogP contribution >= 0.6 is 11.3 Å². The van der Waals surface area contributed by atoms with E-state index in [1.807, 2.05) is 0 Å². The summed E-state index contributed by atoms with van der Waals surface area (Å²) in [5.41, 5.74) is 4.02. The van der Waals surface area contributed by atoms with Crippen molar-refractivity contribution in [3.63, 3.8) is 0 Å². The van der Waals surface area contributed by atoms with Crippen molar-refractivity contribution in [2.75, 3.05) is 5.43 Å². The van der Waals surface area contributed by atoms with Crippen LogP contribution in [0.1, 0.15) is 5.56 Å². The number of nitro benzene ring substituents is 2. The summed E-state index contributed by atoms with van der Waals surface area (Å²) in [5.74, 6) is -0.142. The van der Waals surface area contributed by atoms with Crippen molar-refractivity contribution in [3.8, 4) is 17.0 Å². The van der Waals surface area contributed by atoms with E-state index < -0.39 is 9.85 Å². The second-order valence-corrected chi connectivity index (χ2v) is 6.07. The first-order valence-corrected chi connectivity index (χ1v) is 8.29. The molecule has 0 unspecified atom stereocenters. The molecule has 27 heavy (non-hydrogen) atoms. The Hall–Kier alpha value is -3.86. The summed E-state index contributed by atoms with van der Waals surface area (Å²) in [5, 5.41) is 37.3. The van der Waals surface area contributed by atoms with Crippen LogP contribution in [0.25, 0.3) is 11.3 Å². The normalized spacial score (nSPS) is 10.8. The third kappa shape index (κ3) is 4.22. The minimum absolute atomic E-state index is 0.00584. The molecule has 0 aliphatic rings. The number of benzene rings is 2. The van der Waals surface area contributed by atoms with Crippen molar-refractivity contribution in [1.29, 1.82) is 0 Å². The van der Waals surface area contributed by atoms with Crippen LogP contribution in [0.2, 0.25) is 0 Å². The van der Waals surface area contributed by atoms with Gasteiger partial charge in [-0.05, 0) is 18.2 Å². The van der Waals surface area contributed by atoms with Crippen molar-refractivity contribution in [2.24, 2.45) is 5.10 Å². The number of hydrogen-bond donors (Lipinski definition) is 2. The average Bonchev–Trinajstić information content (AvgIpc) is 3.12. The summed E-state index contributed by atoms with van der Waals surface area (Å²) in [6.45, 7) is 0. The average molecular weight is 385 g/mol. The van der Waals surface area contributed by atoms with Gasteiger partial charge in [-0.3, -0.25) is 25.7 Å².